The SMILES string of the molecule is CC(Nc1nc(N)nc(-n2cncn2)n1)c1nncn1C. The lowest BCUT2D eigenvalue weighted by Gasteiger charge is -2.13. The maximum atomic E-state index is 5.69. The minimum atomic E-state index is -0.150. The van der Waals surface area contributed by atoms with Gasteiger partial charge in [0.15, 0.2) is 5.82 Å². The van der Waals surface area contributed by atoms with E-state index >= 15 is 0 Å². The van der Waals surface area contributed by atoms with Crippen LogP contribution >= 0.6 is 0 Å². The molecule has 3 rings (SSSR count). The highest BCUT2D eigenvalue weighted by Crippen LogP contribution is 2.14. The largest absolute Gasteiger partial charge is 0.368 e. The van der Waals surface area contributed by atoms with E-state index in [9.17, 15) is 0 Å². The van der Waals surface area contributed by atoms with Gasteiger partial charge in [0.2, 0.25) is 11.9 Å². The molecule has 1 unspecified atom stereocenters. The first-order valence-electron chi connectivity index (χ1n) is 6.10. The molecule has 0 aliphatic heterocycles. The van der Waals surface area contributed by atoms with Crippen molar-refractivity contribution in [2.24, 2.45) is 7.05 Å². The summed E-state index contributed by atoms with van der Waals surface area (Å²) in [6.45, 7) is 1.92. The van der Waals surface area contributed by atoms with E-state index in [-0.39, 0.29) is 17.9 Å². The molecule has 21 heavy (non-hydrogen) atoms. The Morgan fingerprint density at radius 2 is 2.10 bits per heavy atom. The molecule has 0 bridgehead atoms. The molecule has 0 fully saturated rings. The number of nitrogens with two attached hydrogens (primary N) is 1. The van der Waals surface area contributed by atoms with Crippen molar-refractivity contribution >= 4 is 11.9 Å². The number of anilines is 2. The fraction of sp³-hybridized carbons (Fsp3) is 0.300. The quantitative estimate of drug-likeness (QED) is 0.639. The average Bonchev–Trinajstić information content (AvgIpc) is 3.08. The molecule has 3 heterocycles. The fourth-order valence-corrected chi connectivity index (χ4v) is 1.80. The highest BCUT2D eigenvalue weighted by atomic mass is 15.4. The monoisotopic (exact) mass is 287 g/mol. The molecule has 108 valence electrons. The fourth-order valence-electron chi connectivity index (χ4n) is 1.80. The minimum Gasteiger partial charge on any atom is -0.368 e. The number of aryl methyl sites for hydroxylation is 1. The second-order valence-electron chi connectivity index (χ2n) is 4.32. The average molecular weight is 287 g/mol. The van der Waals surface area contributed by atoms with Gasteiger partial charge in [0.25, 0.3) is 5.95 Å². The third-order valence-electron chi connectivity index (χ3n) is 2.74. The van der Waals surface area contributed by atoms with Gasteiger partial charge in [0.05, 0.1) is 6.04 Å². The second-order valence-corrected chi connectivity index (χ2v) is 4.32. The van der Waals surface area contributed by atoms with Gasteiger partial charge in [-0.25, -0.2) is 4.98 Å². The van der Waals surface area contributed by atoms with Crippen LogP contribution in [0.5, 0.6) is 0 Å². The van der Waals surface area contributed by atoms with Crippen LogP contribution in [0.2, 0.25) is 0 Å². The van der Waals surface area contributed by atoms with Crippen molar-refractivity contribution in [3.63, 3.8) is 0 Å². The third-order valence-corrected chi connectivity index (χ3v) is 2.74. The van der Waals surface area contributed by atoms with Crippen LogP contribution in [-0.4, -0.2) is 44.5 Å². The summed E-state index contributed by atoms with van der Waals surface area (Å²) in [7, 11) is 1.86. The normalized spacial score (nSPS) is 12.3. The maximum absolute atomic E-state index is 5.69. The van der Waals surface area contributed by atoms with Crippen LogP contribution in [0.15, 0.2) is 19.0 Å². The van der Waals surface area contributed by atoms with Gasteiger partial charge in [-0.1, -0.05) is 0 Å². The zero-order valence-electron chi connectivity index (χ0n) is 11.4. The summed E-state index contributed by atoms with van der Waals surface area (Å²) >= 11 is 0. The molecule has 0 radical (unpaired) electrons. The summed E-state index contributed by atoms with van der Waals surface area (Å²) < 4.78 is 3.21. The van der Waals surface area contributed by atoms with Crippen LogP contribution in [0, 0.1) is 0 Å². The molecule has 3 N–H and O–H groups in total. The number of hydrogen-bond donors (Lipinski definition) is 2. The van der Waals surface area contributed by atoms with Crippen molar-refractivity contribution in [1.29, 1.82) is 0 Å². The topological polar surface area (TPSA) is 138 Å². The predicted molar refractivity (Wildman–Crippen MR) is 72.2 cm³/mol. The van der Waals surface area contributed by atoms with Gasteiger partial charge in [-0.3, -0.25) is 0 Å². The molecule has 0 saturated carbocycles. The first-order valence-corrected chi connectivity index (χ1v) is 6.10. The Morgan fingerprint density at radius 3 is 2.76 bits per heavy atom. The Hall–Kier alpha value is -3.11. The smallest absolute Gasteiger partial charge is 0.258 e. The van der Waals surface area contributed by atoms with Crippen LogP contribution < -0.4 is 11.1 Å². The Bertz CT molecular complexity index is 731. The van der Waals surface area contributed by atoms with Gasteiger partial charge in [-0.2, -0.15) is 24.7 Å². The van der Waals surface area contributed by atoms with Crippen LogP contribution in [0.1, 0.15) is 18.8 Å². The van der Waals surface area contributed by atoms with E-state index in [1.54, 1.807) is 10.9 Å². The Balaban J connectivity index is 1.87. The summed E-state index contributed by atoms with van der Waals surface area (Å²) in [4.78, 5) is 16.1. The summed E-state index contributed by atoms with van der Waals surface area (Å²) in [6, 6.07) is -0.150. The lowest BCUT2D eigenvalue weighted by molar-refractivity contribution is 0.708. The Morgan fingerprint density at radius 1 is 1.24 bits per heavy atom. The van der Waals surface area contributed by atoms with Gasteiger partial charge in [0, 0.05) is 7.05 Å². The van der Waals surface area contributed by atoms with E-state index in [0.29, 0.717) is 5.95 Å². The summed E-state index contributed by atoms with van der Waals surface area (Å²) in [5.74, 6) is 1.44. The molecule has 11 heteroatoms. The van der Waals surface area contributed by atoms with E-state index in [1.807, 2.05) is 14.0 Å². The predicted octanol–water partition coefficient (Wildman–Crippen LogP) is -0.664. The van der Waals surface area contributed by atoms with Gasteiger partial charge < -0.3 is 15.6 Å². The molecule has 0 aliphatic carbocycles. The van der Waals surface area contributed by atoms with Crippen LogP contribution in [0.3, 0.4) is 0 Å². The lowest BCUT2D eigenvalue weighted by Crippen LogP contribution is -2.16. The molecular weight excluding hydrogens is 274 g/mol. The summed E-state index contributed by atoms with van der Waals surface area (Å²) in [5, 5.41) is 14.9. The molecule has 0 amide bonds. The number of nitrogens with one attached hydrogen (secondary N) is 1. The first-order chi connectivity index (χ1) is 10.1. The Kier molecular flexibility index (Phi) is 3.14. The van der Waals surface area contributed by atoms with Crippen molar-refractivity contribution in [1.82, 2.24) is 44.5 Å². The number of nitrogen functional groups attached to an aromatic ring is 1. The van der Waals surface area contributed by atoms with Gasteiger partial charge >= 0.3 is 0 Å². The van der Waals surface area contributed by atoms with Crippen LogP contribution in [0.25, 0.3) is 5.95 Å². The molecule has 0 spiro atoms. The molecule has 0 aromatic carbocycles. The van der Waals surface area contributed by atoms with Crippen LogP contribution in [-0.2, 0) is 7.05 Å². The van der Waals surface area contributed by atoms with Crippen LogP contribution in [0.4, 0.5) is 11.9 Å². The molecule has 0 saturated heterocycles. The van der Waals surface area contributed by atoms with Crippen molar-refractivity contribution in [2.75, 3.05) is 11.1 Å². The molecule has 11 nitrogen and oxygen atoms in total. The molecule has 1 atom stereocenters. The molecular formula is C10H13N11. The Labute approximate surface area is 119 Å². The van der Waals surface area contributed by atoms with E-state index < -0.39 is 0 Å². The van der Waals surface area contributed by atoms with E-state index in [1.165, 1.54) is 17.3 Å². The molecule has 3 aromatic heterocycles. The number of nitrogens with zero attached hydrogens (tertiary/aromatic N) is 9. The zero-order valence-corrected chi connectivity index (χ0v) is 11.4. The highest BCUT2D eigenvalue weighted by Gasteiger charge is 2.14. The summed E-state index contributed by atoms with van der Waals surface area (Å²) in [6.07, 6.45) is 4.48. The number of aromatic nitrogens is 9. The number of hydrogen-bond acceptors (Lipinski definition) is 9. The van der Waals surface area contributed by atoms with E-state index in [0.717, 1.165) is 5.82 Å². The molecule has 0 aliphatic rings. The van der Waals surface area contributed by atoms with Crippen molar-refractivity contribution in [2.45, 2.75) is 13.0 Å². The maximum Gasteiger partial charge on any atom is 0.258 e. The van der Waals surface area contributed by atoms with Gasteiger partial charge in [-0.15, -0.1) is 10.2 Å². The first kappa shape index (κ1) is 12.9. The zero-order chi connectivity index (χ0) is 14.8. The standard InChI is InChI=1S/C10H13N11/c1-6(7-19-13-5-20(7)2)15-9-16-8(11)17-10(18-9)21-4-12-3-14-21/h3-6H,1-2H3,(H3,11,15,16,17,18). The lowest BCUT2D eigenvalue weighted by atomic mass is 10.3. The van der Waals surface area contributed by atoms with E-state index in [2.05, 4.69) is 40.5 Å². The van der Waals surface area contributed by atoms with E-state index in [4.69, 9.17) is 5.73 Å². The van der Waals surface area contributed by atoms with Gasteiger partial charge in [0.1, 0.15) is 19.0 Å². The second kappa shape index (κ2) is 5.11. The van der Waals surface area contributed by atoms with Gasteiger partial charge in [-0.05, 0) is 6.92 Å². The van der Waals surface area contributed by atoms with Crippen molar-refractivity contribution < 1.29 is 0 Å². The van der Waals surface area contributed by atoms with Crippen molar-refractivity contribution in [3.8, 4) is 5.95 Å². The summed E-state index contributed by atoms with van der Waals surface area (Å²) in [5.41, 5.74) is 5.69. The highest BCUT2D eigenvalue weighted by molar-refractivity contribution is 5.36. The molecule has 3 aromatic rings. The third kappa shape index (κ3) is 2.61. The van der Waals surface area contributed by atoms with Crippen molar-refractivity contribution in [3.05, 3.63) is 24.8 Å². The number of rotatable bonds is 4. The minimum absolute atomic E-state index is 0.0863.